The molecule has 0 atom stereocenters. The molecule has 0 radical (unpaired) electrons. The summed E-state index contributed by atoms with van der Waals surface area (Å²) in [7, 11) is 0. The molecular weight excluding hydrogens is 306 g/mol. The van der Waals surface area contributed by atoms with Crippen molar-refractivity contribution in [3.05, 3.63) is 40.6 Å². The van der Waals surface area contributed by atoms with Crippen LogP contribution in [-0.2, 0) is 4.74 Å². The van der Waals surface area contributed by atoms with Crippen LogP contribution >= 0.6 is 15.9 Å². The largest absolute Gasteiger partial charge is 0.378 e. The standard InChI is InChI=1S/C14H16BrN3O/c1-11-2-3-18(16-11)14-9-12(15)8-13(10-14)17-4-6-19-7-5-17/h2-3,8-10H,4-7H2,1H3. The maximum absolute atomic E-state index is 5.40. The van der Waals surface area contributed by atoms with Crippen LogP contribution in [0.4, 0.5) is 5.69 Å². The molecule has 0 aliphatic carbocycles. The third-order valence-corrected chi connectivity index (χ3v) is 3.69. The first-order valence-electron chi connectivity index (χ1n) is 6.38. The Kier molecular flexibility index (Phi) is 3.57. The number of benzene rings is 1. The molecule has 1 aromatic heterocycles. The van der Waals surface area contributed by atoms with Gasteiger partial charge in [-0.2, -0.15) is 5.10 Å². The summed E-state index contributed by atoms with van der Waals surface area (Å²) in [5, 5.41) is 4.46. The topological polar surface area (TPSA) is 30.3 Å². The molecule has 0 bridgehead atoms. The second-order valence-corrected chi connectivity index (χ2v) is 5.58. The second kappa shape index (κ2) is 5.35. The highest BCUT2D eigenvalue weighted by atomic mass is 79.9. The van der Waals surface area contributed by atoms with Crippen molar-refractivity contribution in [3.8, 4) is 5.69 Å². The van der Waals surface area contributed by atoms with Gasteiger partial charge >= 0.3 is 0 Å². The zero-order valence-corrected chi connectivity index (χ0v) is 12.4. The van der Waals surface area contributed by atoms with Gasteiger partial charge in [0.1, 0.15) is 0 Å². The molecule has 100 valence electrons. The molecule has 1 aromatic carbocycles. The monoisotopic (exact) mass is 321 g/mol. The Balaban J connectivity index is 1.95. The fraction of sp³-hybridized carbons (Fsp3) is 0.357. The third kappa shape index (κ3) is 2.82. The van der Waals surface area contributed by atoms with Crippen LogP contribution in [0.25, 0.3) is 5.69 Å². The van der Waals surface area contributed by atoms with Crippen molar-refractivity contribution >= 4 is 21.6 Å². The van der Waals surface area contributed by atoms with E-state index in [0.29, 0.717) is 0 Å². The average Bonchev–Trinajstić information content (AvgIpc) is 2.86. The van der Waals surface area contributed by atoms with Crippen molar-refractivity contribution in [2.45, 2.75) is 6.92 Å². The molecule has 0 amide bonds. The van der Waals surface area contributed by atoms with Crippen molar-refractivity contribution in [3.63, 3.8) is 0 Å². The van der Waals surface area contributed by atoms with Gasteiger partial charge in [-0.15, -0.1) is 0 Å². The van der Waals surface area contributed by atoms with E-state index in [0.717, 1.165) is 42.2 Å². The SMILES string of the molecule is Cc1ccn(-c2cc(Br)cc(N3CCOCC3)c2)n1. The minimum absolute atomic E-state index is 0.794. The summed E-state index contributed by atoms with van der Waals surface area (Å²) in [4.78, 5) is 2.34. The Morgan fingerprint density at radius 1 is 1.16 bits per heavy atom. The maximum atomic E-state index is 5.40. The molecule has 0 N–H and O–H groups in total. The maximum Gasteiger partial charge on any atom is 0.0677 e. The van der Waals surface area contributed by atoms with E-state index < -0.39 is 0 Å². The van der Waals surface area contributed by atoms with E-state index >= 15 is 0 Å². The summed E-state index contributed by atoms with van der Waals surface area (Å²) in [5.41, 5.74) is 3.30. The molecular formula is C14H16BrN3O. The van der Waals surface area contributed by atoms with Crippen molar-refractivity contribution < 1.29 is 4.74 Å². The number of aromatic nitrogens is 2. The summed E-state index contributed by atoms with van der Waals surface area (Å²) in [6, 6.07) is 8.40. The van der Waals surface area contributed by atoms with Crippen LogP contribution in [0.15, 0.2) is 34.9 Å². The first kappa shape index (κ1) is 12.7. The second-order valence-electron chi connectivity index (χ2n) is 4.67. The van der Waals surface area contributed by atoms with E-state index in [1.165, 1.54) is 5.69 Å². The number of hydrogen-bond acceptors (Lipinski definition) is 3. The van der Waals surface area contributed by atoms with Crippen LogP contribution in [0.5, 0.6) is 0 Å². The lowest BCUT2D eigenvalue weighted by molar-refractivity contribution is 0.122. The van der Waals surface area contributed by atoms with Gasteiger partial charge in [-0.05, 0) is 31.2 Å². The first-order chi connectivity index (χ1) is 9.22. The molecule has 2 heterocycles. The lowest BCUT2D eigenvalue weighted by Crippen LogP contribution is -2.36. The molecule has 0 saturated carbocycles. The Hall–Kier alpha value is -1.33. The number of aryl methyl sites for hydroxylation is 1. The van der Waals surface area contributed by atoms with E-state index in [1.807, 2.05) is 23.9 Å². The van der Waals surface area contributed by atoms with Crippen LogP contribution in [-0.4, -0.2) is 36.1 Å². The summed E-state index contributed by atoms with van der Waals surface area (Å²) < 4.78 is 8.37. The normalized spacial score (nSPS) is 15.8. The van der Waals surface area contributed by atoms with Crippen LogP contribution in [0.1, 0.15) is 5.69 Å². The van der Waals surface area contributed by atoms with E-state index in [1.54, 1.807) is 0 Å². The number of hydrogen-bond donors (Lipinski definition) is 0. The number of rotatable bonds is 2. The fourth-order valence-electron chi connectivity index (χ4n) is 2.25. The molecule has 4 nitrogen and oxygen atoms in total. The number of anilines is 1. The van der Waals surface area contributed by atoms with Crippen molar-refractivity contribution in [2.75, 3.05) is 31.2 Å². The molecule has 2 aromatic rings. The minimum Gasteiger partial charge on any atom is -0.378 e. The number of ether oxygens (including phenoxy) is 1. The minimum atomic E-state index is 0.794. The Bertz CT molecular complexity index is 576. The van der Waals surface area contributed by atoms with Crippen molar-refractivity contribution in [2.24, 2.45) is 0 Å². The molecule has 1 aliphatic rings. The summed E-state index contributed by atoms with van der Waals surface area (Å²) in [5.74, 6) is 0. The van der Waals surface area contributed by atoms with Gasteiger partial charge < -0.3 is 9.64 Å². The van der Waals surface area contributed by atoms with Crippen LogP contribution in [0.3, 0.4) is 0 Å². The summed E-state index contributed by atoms with van der Waals surface area (Å²) in [6.07, 6.45) is 1.99. The van der Waals surface area contributed by atoms with Gasteiger partial charge in [-0.25, -0.2) is 4.68 Å². The van der Waals surface area contributed by atoms with Gasteiger partial charge in [0.15, 0.2) is 0 Å². The molecule has 5 heteroatoms. The van der Waals surface area contributed by atoms with Crippen molar-refractivity contribution in [1.29, 1.82) is 0 Å². The van der Waals surface area contributed by atoms with Crippen LogP contribution in [0.2, 0.25) is 0 Å². The smallest absolute Gasteiger partial charge is 0.0677 e. The van der Waals surface area contributed by atoms with Crippen LogP contribution < -0.4 is 4.90 Å². The van der Waals surface area contributed by atoms with E-state index in [4.69, 9.17) is 4.74 Å². The Morgan fingerprint density at radius 3 is 2.58 bits per heavy atom. The Morgan fingerprint density at radius 2 is 1.89 bits per heavy atom. The lowest BCUT2D eigenvalue weighted by Gasteiger charge is -2.29. The third-order valence-electron chi connectivity index (χ3n) is 3.23. The lowest BCUT2D eigenvalue weighted by atomic mass is 10.2. The number of halogens is 1. The molecule has 19 heavy (non-hydrogen) atoms. The molecule has 1 fully saturated rings. The van der Waals surface area contributed by atoms with Gasteiger partial charge in [0.2, 0.25) is 0 Å². The zero-order valence-electron chi connectivity index (χ0n) is 10.8. The van der Waals surface area contributed by atoms with Gasteiger partial charge in [0, 0.05) is 29.4 Å². The van der Waals surface area contributed by atoms with Crippen LogP contribution in [0, 0.1) is 6.92 Å². The highest BCUT2D eigenvalue weighted by Gasteiger charge is 2.13. The summed E-state index contributed by atoms with van der Waals surface area (Å²) >= 11 is 3.58. The van der Waals surface area contributed by atoms with E-state index in [2.05, 4.69) is 44.1 Å². The molecule has 1 aliphatic heterocycles. The quantitative estimate of drug-likeness (QED) is 0.852. The van der Waals surface area contributed by atoms with Crippen molar-refractivity contribution in [1.82, 2.24) is 9.78 Å². The first-order valence-corrected chi connectivity index (χ1v) is 7.17. The van der Waals surface area contributed by atoms with Gasteiger partial charge in [-0.1, -0.05) is 15.9 Å². The predicted molar refractivity (Wildman–Crippen MR) is 79.0 cm³/mol. The van der Waals surface area contributed by atoms with E-state index in [9.17, 15) is 0 Å². The Labute approximate surface area is 121 Å². The average molecular weight is 322 g/mol. The zero-order chi connectivity index (χ0) is 13.2. The fourth-order valence-corrected chi connectivity index (χ4v) is 2.72. The summed E-state index contributed by atoms with van der Waals surface area (Å²) in [6.45, 7) is 5.46. The van der Waals surface area contributed by atoms with Gasteiger partial charge in [-0.3, -0.25) is 0 Å². The molecule has 0 unspecified atom stereocenters. The molecule has 0 spiro atoms. The van der Waals surface area contributed by atoms with Gasteiger partial charge in [0.05, 0.1) is 24.6 Å². The molecule has 3 rings (SSSR count). The number of nitrogens with zero attached hydrogens (tertiary/aromatic N) is 3. The highest BCUT2D eigenvalue weighted by Crippen LogP contribution is 2.25. The molecule has 1 saturated heterocycles. The van der Waals surface area contributed by atoms with E-state index in [-0.39, 0.29) is 0 Å². The predicted octanol–water partition coefficient (Wildman–Crippen LogP) is 2.78. The highest BCUT2D eigenvalue weighted by molar-refractivity contribution is 9.10. The number of morpholine rings is 1. The van der Waals surface area contributed by atoms with Gasteiger partial charge in [0.25, 0.3) is 0 Å².